The SMILES string of the molecule is CCOC(=O)C(=O)C(C)C(=O)c1ccc(I)cc1. The summed E-state index contributed by atoms with van der Waals surface area (Å²) in [6.07, 6.45) is 0. The molecule has 0 aromatic heterocycles. The third-order valence-corrected chi connectivity index (χ3v) is 3.11. The Kier molecular flexibility index (Phi) is 5.46. The van der Waals surface area contributed by atoms with Gasteiger partial charge in [-0.2, -0.15) is 0 Å². The van der Waals surface area contributed by atoms with Gasteiger partial charge < -0.3 is 4.74 Å². The Balaban J connectivity index is 2.81. The molecule has 0 amide bonds. The molecule has 0 aliphatic carbocycles. The van der Waals surface area contributed by atoms with Gasteiger partial charge in [-0.15, -0.1) is 0 Å². The van der Waals surface area contributed by atoms with Crippen molar-refractivity contribution in [3.8, 4) is 0 Å². The lowest BCUT2D eigenvalue weighted by Gasteiger charge is -2.08. The second-order valence-corrected chi connectivity index (χ2v) is 4.92. The van der Waals surface area contributed by atoms with E-state index in [2.05, 4.69) is 27.3 Å². The minimum atomic E-state index is -1.01. The normalized spacial score (nSPS) is 11.7. The van der Waals surface area contributed by atoms with Gasteiger partial charge in [0.05, 0.1) is 12.5 Å². The van der Waals surface area contributed by atoms with Gasteiger partial charge in [-0.1, -0.05) is 12.1 Å². The Morgan fingerprint density at radius 3 is 2.28 bits per heavy atom. The highest BCUT2D eigenvalue weighted by Gasteiger charge is 2.29. The molecule has 4 nitrogen and oxygen atoms in total. The molecule has 5 heteroatoms. The molecule has 1 aromatic carbocycles. The van der Waals surface area contributed by atoms with Crippen molar-refractivity contribution in [2.75, 3.05) is 6.61 Å². The number of hydrogen-bond donors (Lipinski definition) is 0. The number of carbonyl (C=O) groups excluding carboxylic acids is 3. The summed E-state index contributed by atoms with van der Waals surface area (Å²) in [6, 6.07) is 6.82. The van der Waals surface area contributed by atoms with E-state index < -0.39 is 17.7 Å². The average Bonchev–Trinajstić information content (AvgIpc) is 2.37. The van der Waals surface area contributed by atoms with Crippen LogP contribution in [-0.4, -0.2) is 24.1 Å². The molecule has 18 heavy (non-hydrogen) atoms. The first-order chi connectivity index (χ1) is 8.47. The summed E-state index contributed by atoms with van der Waals surface area (Å²) in [5.74, 6) is -3.14. The Morgan fingerprint density at radius 1 is 1.22 bits per heavy atom. The van der Waals surface area contributed by atoms with E-state index in [1.165, 1.54) is 6.92 Å². The maximum atomic E-state index is 12.0. The van der Waals surface area contributed by atoms with E-state index in [9.17, 15) is 14.4 Å². The molecule has 1 atom stereocenters. The van der Waals surface area contributed by atoms with E-state index in [4.69, 9.17) is 0 Å². The molecule has 1 aromatic rings. The van der Waals surface area contributed by atoms with E-state index in [-0.39, 0.29) is 12.4 Å². The molecule has 1 unspecified atom stereocenters. The summed E-state index contributed by atoms with van der Waals surface area (Å²) in [6.45, 7) is 3.14. The fourth-order valence-electron chi connectivity index (χ4n) is 1.36. The Labute approximate surface area is 119 Å². The van der Waals surface area contributed by atoms with Crippen LogP contribution in [0.2, 0.25) is 0 Å². The van der Waals surface area contributed by atoms with Gasteiger partial charge in [0.25, 0.3) is 5.78 Å². The predicted octanol–water partition coefficient (Wildman–Crippen LogP) is 2.24. The molecular formula is C13H13IO4. The second kappa shape index (κ2) is 6.63. The van der Waals surface area contributed by atoms with Gasteiger partial charge >= 0.3 is 5.97 Å². The molecule has 0 bridgehead atoms. The molecule has 1 rings (SSSR count). The number of benzene rings is 1. The van der Waals surface area contributed by atoms with E-state index in [1.807, 2.05) is 0 Å². The molecule has 0 spiro atoms. The lowest BCUT2D eigenvalue weighted by molar-refractivity contribution is -0.154. The van der Waals surface area contributed by atoms with Crippen molar-refractivity contribution in [1.29, 1.82) is 0 Å². The quantitative estimate of drug-likeness (QED) is 0.266. The topological polar surface area (TPSA) is 60.4 Å². The van der Waals surface area contributed by atoms with Gasteiger partial charge in [-0.25, -0.2) is 4.79 Å². The number of halogens is 1. The lowest BCUT2D eigenvalue weighted by atomic mass is 9.95. The van der Waals surface area contributed by atoms with Gasteiger partial charge in [0.1, 0.15) is 0 Å². The van der Waals surface area contributed by atoms with Crippen molar-refractivity contribution in [3.05, 3.63) is 33.4 Å². The third kappa shape index (κ3) is 3.63. The molecule has 0 radical (unpaired) electrons. The van der Waals surface area contributed by atoms with Crippen LogP contribution in [0.5, 0.6) is 0 Å². The van der Waals surface area contributed by atoms with Gasteiger partial charge in [-0.3, -0.25) is 9.59 Å². The summed E-state index contributed by atoms with van der Waals surface area (Å²) in [7, 11) is 0. The zero-order valence-corrected chi connectivity index (χ0v) is 12.3. The van der Waals surface area contributed by atoms with Crippen molar-refractivity contribution in [2.24, 2.45) is 5.92 Å². The molecule has 0 aliphatic rings. The van der Waals surface area contributed by atoms with Crippen LogP contribution in [-0.2, 0) is 14.3 Å². The van der Waals surface area contributed by atoms with Crippen LogP contribution in [0, 0.1) is 9.49 Å². The van der Waals surface area contributed by atoms with Gasteiger partial charge in [-0.05, 0) is 48.6 Å². The van der Waals surface area contributed by atoms with Crippen LogP contribution in [0.3, 0.4) is 0 Å². The van der Waals surface area contributed by atoms with E-state index >= 15 is 0 Å². The number of carbonyl (C=O) groups is 3. The third-order valence-electron chi connectivity index (χ3n) is 2.39. The summed E-state index contributed by atoms with van der Waals surface area (Å²) in [4.78, 5) is 34.8. The van der Waals surface area contributed by atoms with Crippen LogP contribution < -0.4 is 0 Å². The molecule has 0 N–H and O–H groups in total. The first-order valence-electron chi connectivity index (χ1n) is 5.48. The van der Waals surface area contributed by atoms with Crippen molar-refractivity contribution in [3.63, 3.8) is 0 Å². The van der Waals surface area contributed by atoms with Gasteiger partial charge in [0.2, 0.25) is 0 Å². The summed E-state index contributed by atoms with van der Waals surface area (Å²) in [5, 5.41) is 0. The van der Waals surface area contributed by atoms with Crippen LogP contribution in [0.1, 0.15) is 24.2 Å². The van der Waals surface area contributed by atoms with Gasteiger partial charge in [0, 0.05) is 9.13 Å². The molecule has 0 fully saturated rings. The van der Waals surface area contributed by atoms with Crippen LogP contribution in [0.4, 0.5) is 0 Å². The Hall–Kier alpha value is -1.24. The molecular weight excluding hydrogens is 347 g/mol. The Morgan fingerprint density at radius 2 is 1.78 bits per heavy atom. The Bertz CT molecular complexity index is 464. The summed E-state index contributed by atoms with van der Waals surface area (Å²) in [5.41, 5.74) is 0.417. The largest absolute Gasteiger partial charge is 0.460 e. The van der Waals surface area contributed by atoms with E-state index in [0.29, 0.717) is 5.56 Å². The number of rotatable bonds is 5. The molecule has 0 aliphatic heterocycles. The van der Waals surface area contributed by atoms with Crippen molar-refractivity contribution >= 4 is 40.1 Å². The summed E-state index contributed by atoms with van der Waals surface area (Å²) < 4.78 is 5.58. The first kappa shape index (κ1) is 14.8. The molecule has 96 valence electrons. The smallest absolute Gasteiger partial charge is 0.375 e. The van der Waals surface area contributed by atoms with Crippen LogP contribution in [0.25, 0.3) is 0 Å². The van der Waals surface area contributed by atoms with E-state index in [0.717, 1.165) is 3.57 Å². The van der Waals surface area contributed by atoms with Crippen LogP contribution >= 0.6 is 22.6 Å². The van der Waals surface area contributed by atoms with Crippen LogP contribution in [0.15, 0.2) is 24.3 Å². The number of ketones is 2. The maximum Gasteiger partial charge on any atom is 0.375 e. The number of esters is 1. The predicted molar refractivity (Wildman–Crippen MR) is 74.3 cm³/mol. The maximum absolute atomic E-state index is 12.0. The number of ether oxygens (including phenoxy) is 1. The van der Waals surface area contributed by atoms with E-state index in [1.54, 1.807) is 31.2 Å². The fraction of sp³-hybridized carbons (Fsp3) is 0.308. The minimum Gasteiger partial charge on any atom is -0.460 e. The first-order valence-corrected chi connectivity index (χ1v) is 6.56. The van der Waals surface area contributed by atoms with Crippen molar-refractivity contribution < 1.29 is 19.1 Å². The lowest BCUT2D eigenvalue weighted by Crippen LogP contribution is -2.29. The fourth-order valence-corrected chi connectivity index (χ4v) is 1.72. The van der Waals surface area contributed by atoms with Crippen molar-refractivity contribution in [1.82, 2.24) is 0 Å². The number of hydrogen-bond acceptors (Lipinski definition) is 4. The van der Waals surface area contributed by atoms with Gasteiger partial charge in [0.15, 0.2) is 5.78 Å². The number of Topliss-reactive ketones (excluding diaryl/α,β-unsaturated/α-hetero) is 2. The molecule has 0 heterocycles. The molecule has 0 saturated heterocycles. The monoisotopic (exact) mass is 360 g/mol. The highest BCUT2D eigenvalue weighted by Crippen LogP contribution is 2.13. The highest BCUT2D eigenvalue weighted by molar-refractivity contribution is 14.1. The second-order valence-electron chi connectivity index (χ2n) is 3.68. The minimum absolute atomic E-state index is 0.120. The summed E-state index contributed by atoms with van der Waals surface area (Å²) >= 11 is 2.12. The van der Waals surface area contributed by atoms with Crippen molar-refractivity contribution in [2.45, 2.75) is 13.8 Å². The highest BCUT2D eigenvalue weighted by atomic mass is 127. The zero-order valence-electron chi connectivity index (χ0n) is 10.1. The molecule has 0 saturated carbocycles. The average molecular weight is 360 g/mol. The standard InChI is InChI=1S/C13H13IO4/c1-3-18-13(17)12(16)8(2)11(15)9-4-6-10(14)7-5-9/h4-8H,3H2,1-2H3. The zero-order chi connectivity index (χ0) is 13.7.